The Morgan fingerprint density at radius 1 is 1.18 bits per heavy atom. The van der Waals surface area contributed by atoms with Crippen LogP contribution in [0.3, 0.4) is 0 Å². The summed E-state index contributed by atoms with van der Waals surface area (Å²) in [4.78, 5) is 0. The third-order valence-electron chi connectivity index (χ3n) is 3.45. The Labute approximate surface area is 74.1 Å². The van der Waals surface area contributed by atoms with Gasteiger partial charge in [0, 0.05) is 0 Å². The summed E-state index contributed by atoms with van der Waals surface area (Å²) in [5, 5.41) is 0.845. The molecule has 0 unspecified atom stereocenters. The summed E-state index contributed by atoms with van der Waals surface area (Å²) in [7, 11) is -0.427. The molecule has 0 aromatic carbocycles. The molecule has 0 aromatic heterocycles. The Morgan fingerprint density at radius 3 is 1.64 bits per heavy atom. The average molecular weight is 176 g/mol. The van der Waals surface area contributed by atoms with E-state index in [0.717, 1.165) is 5.25 Å². The van der Waals surface area contributed by atoms with E-state index in [1.807, 2.05) is 0 Å². The van der Waals surface area contributed by atoms with Gasteiger partial charge in [0.2, 0.25) is 0 Å². The van der Waals surface area contributed by atoms with Crippen molar-refractivity contribution >= 4 is 10.0 Å². The maximum absolute atomic E-state index is 2.46. The molecule has 0 atom stereocenters. The van der Waals surface area contributed by atoms with Crippen LogP contribution in [0.5, 0.6) is 0 Å². The molecule has 0 saturated carbocycles. The van der Waals surface area contributed by atoms with Gasteiger partial charge >= 0.3 is 0 Å². The molecule has 0 aromatic rings. The summed E-state index contributed by atoms with van der Waals surface area (Å²) in [6.07, 6.45) is 6.22. The van der Waals surface area contributed by atoms with Gasteiger partial charge in [0.1, 0.15) is 0 Å². The van der Waals surface area contributed by atoms with Crippen molar-refractivity contribution < 1.29 is 0 Å². The normalized spacial score (nSPS) is 15.6. The van der Waals surface area contributed by atoms with E-state index >= 15 is 0 Å². The van der Waals surface area contributed by atoms with Crippen molar-refractivity contribution in [1.29, 1.82) is 0 Å². The van der Waals surface area contributed by atoms with Gasteiger partial charge < -0.3 is 0 Å². The van der Waals surface area contributed by atoms with Gasteiger partial charge in [-0.3, -0.25) is 0 Å². The highest BCUT2D eigenvalue weighted by Gasteiger charge is 2.32. The summed E-state index contributed by atoms with van der Waals surface area (Å²) in [6, 6.07) is 0. The molecule has 0 rings (SSSR count). The molecular weight excluding hydrogens is 152 g/mol. The molecule has 0 spiro atoms. The van der Waals surface area contributed by atoms with E-state index in [1.54, 1.807) is 0 Å². The molecule has 0 aliphatic carbocycles. The first-order valence-corrected chi connectivity index (χ1v) is 6.98. The van der Waals surface area contributed by atoms with Crippen LogP contribution in [0.4, 0.5) is 0 Å². The average Bonchev–Trinajstić information content (AvgIpc) is 1.87. The molecule has 0 fully saturated rings. The summed E-state index contributed by atoms with van der Waals surface area (Å²) in [6.45, 7) is 11.8. The zero-order chi connectivity index (χ0) is 9.28. The Bertz CT molecular complexity index is 123. The molecule has 0 heterocycles. The van der Waals surface area contributed by atoms with Gasteiger partial charge in [0.05, 0.1) is 0 Å². The van der Waals surface area contributed by atoms with Gasteiger partial charge in [0.25, 0.3) is 0 Å². The number of hydrogen-bond acceptors (Lipinski definition) is 0. The van der Waals surface area contributed by atoms with Crippen LogP contribution in [0.15, 0.2) is 0 Å². The second-order valence-electron chi connectivity index (χ2n) is 4.57. The quantitative estimate of drug-likeness (QED) is 0.616. The predicted molar refractivity (Wildman–Crippen MR) is 58.9 cm³/mol. The highest BCUT2D eigenvalue weighted by atomic mass is 32.3. The molecule has 0 nitrogen and oxygen atoms in total. The molecule has 11 heavy (non-hydrogen) atoms. The molecule has 0 aliphatic rings. The zero-order valence-electron chi connectivity index (χ0n) is 9.19. The lowest BCUT2D eigenvalue weighted by Crippen LogP contribution is -2.31. The lowest BCUT2D eigenvalue weighted by Gasteiger charge is -2.50. The molecule has 70 valence electrons. The molecule has 0 N–H and O–H groups in total. The van der Waals surface area contributed by atoms with Gasteiger partial charge in [-0.15, -0.1) is 0 Å². The fraction of sp³-hybridized carbons (Fsp3) is 1.00. The highest BCUT2D eigenvalue weighted by molar-refractivity contribution is 8.34. The van der Waals surface area contributed by atoms with E-state index in [9.17, 15) is 0 Å². The summed E-state index contributed by atoms with van der Waals surface area (Å²) < 4.78 is 0.543. The van der Waals surface area contributed by atoms with Crippen LogP contribution < -0.4 is 0 Å². The maximum atomic E-state index is 2.46. The standard InChI is InChI=1S/C10H24S/c1-8-10(4,5)11(6,7)9(2)3/h9H,8H2,1-7H3. The predicted octanol–water partition coefficient (Wildman–Crippen LogP) is 3.65. The van der Waals surface area contributed by atoms with Gasteiger partial charge in [0.15, 0.2) is 0 Å². The molecular formula is C10H24S. The van der Waals surface area contributed by atoms with Crippen LogP contribution in [-0.2, 0) is 0 Å². The Balaban J connectivity index is 4.53. The molecule has 0 aliphatic heterocycles. The Morgan fingerprint density at radius 2 is 1.55 bits per heavy atom. The topological polar surface area (TPSA) is 0 Å². The molecule has 0 amide bonds. The Kier molecular flexibility index (Phi) is 3.49. The first kappa shape index (κ1) is 11.4. The van der Waals surface area contributed by atoms with Crippen LogP contribution in [0, 0.1) is 0 Å². The van der Waals surface area contributed by atoms with Crippen molar-refractivity contribution in [3.63, 3.8) is 0 Å². The largest absolute Gasteiger partial charge is 0.239 e. The van der Waals surface area contributed by atoms with Crippen molar-refractivity contribution in [2.24, 2.45) is 0 Å². The lowest BCUT2D eigenvalue weighted by atomic mass is 10.1. The van der Waals surface area contributed by atoms with E-state index in [-0.39, 0.29) is 0 Å². The Hall–Kier alpha value is 0.350. The van der Waals surface area contributed by atoms with Crippen LogP contribution in [0.2, 0.25) is 0 Å². The fourth-order valence-corrected chi connectivity index (χ4v) is 3.03. The van der Waals surface area contributed by atoms with Crippen LogP contribution in [0.25, 0.3) is 0 Å². The van der Waals surface area contributed by atoms with Crippen molar-refractivity contribution in [2.45, 2.75) is 51.0 Å². The van der Waals surface area contributed by atoms with Gasteiger partial charge in [-0.25, -0.2) is 10.0 Å². The van der Waals surface area contributed by atoms with Crippen LogP contribution in [0.1, 0.15) is 41.0 Å². The molecule has 0 bridgehead atoms. The third-order valence-corrected chi connectivity index (χ3v) is 8.95. The van der Waals surface area contributed by atoms with Crippen LogP contribution in [-0.4, -0.2) is 22.5 Å². The first-order valence-electron chi connectivity index (χ1n) is 4.47. The third kappa shape index (κ3) is 2.14. The zero-order valence-corrected chi connectivity index (χ0v) is 10.0. The second kappa shape index (κ2) is 3.38. The van der Waals surface area contributed by atoms with E-state index in [4.69, 9.17) is 0 Å². The van der Waals surface area contributed by atoms with Crippen molar-refractivity contribution in [2.75, 3.05) is 12.5 Å². The monoisotopic (exact) mass is 176 g/mol. The molecule has 0 saturated heterocycles. The van der Waals surface area contributed by atoms with Gasteiger partial charge in [-0.1, -0.05) is 34.6 Å². The van der Waals surface area contributed by atoms with Gasteiger partial charge in [-0.2, -0.15) is 0 Å². The maximum Gasteiger partial charge on any atom is -0.00593 e. The van der Waals surface area contributed by atoms with E-state index in [1.165, 1.54) is 6.42 Å². The highest BCUT2D eigenvalue weighted by Crippen LogP contribution is 2.57. The minimum atomic E-state index is -0.427. The summed E-state index contributed by atoms with van der Waals surface area (Å²) >= 11 is 0. The van der Waals surface area contributed by atoms with E-state index in [2.05, 4.69) is 47.1 Å². The van der Waals surface area contributed by atoms with Crippen molar-refractivity contribution in [1.82, 2.24) is 0 Å². The summed E-state index contributed by atoms with van der Waals surface area (Å²) in [5.74, 6) is 0. The fourth-order valence-electron chi connectivity index (χ4n) is 1.01. The second-order valence-corrected chi connectivity index (χ2v) is 9.43. The summed E-state index contributed by atoms with van der Waals surface area (Å²) in [5.41, 5.74) is 0. The lowest BCUT2D eigenvalue weighted by molar-refractivity contribution is 0.667. The van der Waals surface area contributed by atoms with Crippen molar-refractivity contribution in [3.05, 3.63) is 0 Å². The SMILES string of the molecule is CCC(C)(C)S(C)(C)C(C)C. The molecule has 0 radical (unpaired) electrons. The van der Waals surface area contributed by atoms with Crippen molar-refractivity contribution in [3.8, 4) is 0 Å². The van der Waals surface area contributed by atoms with E-state index in [0.29, 0.717) is 4.75 Å². The van der Waals surface area contributed by atoms with Gasteiger partial charge in [-0.05, 0) is 28.9 Å². The smallest absolute Gasteiger partial charge is 0.00593 e. The first-order chi connectivity index (χ1) is 4.75. The molecule has 1 heteroatoms. The van der Waals surface area contributed by atoms with Crippen LogP contribution >= 0.6 is 10.0 Å². The minimum Gasteiger partial charge on any atom is -0.239 e. The minimum absolute atomic E-state index is 0.427. The number of hydrogen-bond donors (Lipinski definition) is 0. The van der Waals surface area contributed by atoms with E-state index < -0.39 is 10.0 Å². The number of rotatable bonds is 3.